The minimum absolute atomic E-state index is 0. The SMILES string of the molecule is O=[Si](O)O.[AlH3].[H-].[Na+].[SiH4]. The van der Waals surface area contributed by atoms with Gasteiger partial charge in [0.1, 0.15) is 0 Å². The van der Waals surface area contributed by atoms with Crippen molar-refractivity contribution in [2.75, 3.05) is 0 Å². The minimum Gasteiger partial charge on any atom is -1.00 e. The predicted octanol–water partition coefficient (Wildman–Crippen LogP) is -7.13. The summed E-state index contributed by atoms with van der Waals surface area (Å²) < 4.78 is 8.74. The average molecular weight is 164 g/mol. The Kier molecular flexibility index (Phi) is 53.3. The summed E-state index contributed by atoms with van der Waals surface area (Å²) in [6.07, 6.45) is 0. The Morgan fingerprint density at radius 1 is 1.43 bits per heavy atom. The van der Waals surface area contributed by atoms with Crippen LogP contribution < -0.4 is 29.6 Å². The van der Waals surface area contributed by atoms with Crippen LogP contribution in [0.2, 0.25) is 0 Å². The molecule has 2 N–H and O–H groups in total. The van der Waals surface area contributed by atoms with Crippen molar-refractivity contribution in [3.8, 4) is 0 Å². The molecule has 0 aromatic carbocycles. The van der Waals surface area contributed by atoms with Crippen LogP contribution in [0.25, 0.3) is 0 Å². The van der Waals surface area contributed by atoms with Gasteiger partial charge in [0.25, 0.3) is 0 Å². The van der Waals surface area contributed by atoms with E-state index in [1.165, 1.54) is 0 Å². The second-order valence-electron chi connectivity index (χ2n) is 0.283. The van der Waals surface area contributed by atoms with Crippen molar-refractivity contribution in [1.29, 1.82) is 0 Å². The fraction of sp³-hybridized carbons (Fsp3) is 0. The quantitative estimate of drug-likeness (QED) is 0.350. The maximum Gasteiger partial charge on any atom is 1.00 e. The molecule has 7 heteroatoms. The molecule has 0 saturated heterocycles. The van der Waals surface area contributed by atoms with E-state index in [4.69, 9.17) is 14.1 Å². The molecule has 0 fully saturated rings. The first-order valence-electron chi connectivity index (χ1n) is 0.651. The molecule has 0 aromatic rings. The van der Waals surface area contributed by atoms with Gasteiger partial charge in [0.15, 0.2) is 17.4 Å². The van der Waals surface area contributed by atoms with Crippen molar-refractivity contribution < 1.29 is 45.0 Å². The van der Waals surface area contributed by atoms with Gasteiger partial charge in [0, 0.05) is 0 Å². The molecule has 0 aliphatic carbocycles. The predicted molar refractivity (Wildman–Crippen MR) is 33.3 cm³/mol. The van der Waals surface area contributed by atoms with Gasteiger partial charge in [0.05, 0.1) is 0 Å². The Bertz CT molecular complexity index is 40.3. The number of hydrogen-bond acceptors (Lipinski definition) is 1. The fourth-order valence-corrected chi connectivity index (χ4v) is 0. The van der Waals surface area contributed by atoms with Gasteiger partial charge in [-0.2, -0.15) is 0 Å². The maximum atomic E-state index is 8.74. The maximum absolute atomic E-state index is 8.74. The molecule has 0 saturated carbocycles. The van der Waals surface area contributed by atoms with Crippen molar-refractivity contribution in [1.82, 2.24) is 0 Å². The van der Waals surface area contributed by atoms with Crippen molar-refractivity contribution in [3.05, 3.63) is 0 Å². The molecule has 0 bridgehead atoms. The second-order valence-corrected chi connectivity index (χ2v) is 0.848. The van der Waals surface area contributed by atoms with E-state index < -0.39 is 9.17 Å². The van der Waals surface area contributed by atoms with Gasteiger partial charge in [-0.15, -0.1) is 0 Å². The van der Waals surface area contributed by atoms with Crippen LogP contribution in [-0.2, 0) is 4.46 Å². The Morgan fingerprint density at radius 3 is 1.43 bits per heavy atom. The second kappa shape index (κ2) is 15.7. The van der Waals surface area contributed by atoms with Gasteiger partial charge in [-0.25, -0.2) is 0 Å². The summed E-state index contributed by atoms with van der Waals surface area (Å²) in [5, 5.41) is 0. The fourth-order valence-electron chi connectivity index (χ4n) is 0. The number of hydrogen-bond donors (Lipinski definition) is 2. The van der Waals surface area contributed by atoms with Crippen LogP contribution in [0.15, 0.2) is 0 Å². The molecular weight excluding hydrogens is 154 g/mol. The summed E-state index contributed by atoms with van der Waals surface area (Å²) in [6, 6.07) is 0. The molecule has 3 nitrogen and oxygen atoms in total. The zero-order chi connectivity index (χ0) is 3.58. The Morgan fingerprint density at radius 2 is 1.43 bits per heavy atom. The van der Waals surface area contributed by atoms with E-state index >= 15 is 0 Å². The summed E-state index contributed by atoms with van der Waals surface area (Å²) in [4.78, 5) is 14.3. The summed E-state index contributed by atoms with van der Waals surface area (Å²) in [7, 11) is -3.13. The van der Waals surface area contributed by atoms with Crippen LogP contribution in [0.4, 0.5) is 0 Å². The first kappa shape index (κ1) is 23.8. The summed E-state index contributed by atoms with van der Waals surface area (Å²) in [5.74, 6) is 0. The molecule has 0 aliphatic rings. The Labute approximate surface area is 82.0 Å². The smallest absolute Gasteiger partial charge is 1.00 e. The zero-order valence-electron chi connectivity index (χ0n) is 3.80. The van der Waals surface area contributed by atoms with E-state index in [2.05, 4.69) is 0 Å². The third kappa shape index (κ3) is 114. The molecule has 7 heavy (non-hydrogen) atoms. The normalized spacial score (nSPS) is 3.43. The topological polar surface area (TPSA) is 57.5 Å². The van der Waals surface area contributed by atoms with E-state index in [-0.39, 0.29) is 59.3 Å². The monoisotopic (exact) mass is 164 g/mol. The van der Waals surface area contributed by atoms with Gasteiger partial charge >= 0.3 is 38.7 Å². The van der Waals surface area contributed by atoms with Crippen molar-refractivity contribution in [2.45, 2.75) is 0 Å². The molecular formula is H10AlNaO3Si2. The van der Waals surface area contributed by atoms with Crippen LogP contribution in [0, 0.1) is 0 Å². The average Bonchev–Trinajstić information content (AvgIpc) is 0.811. The van der Waals surface area contributed by atoms with Gasteiger partial charge in [-0.3, -0.25) is 4.46 Å². The first-order chi connectivity index (χ1) is 1.73. The van der Waals surface area contributed by atoms with Crippen molar-refractivity contribution in [2.24, 2.45) is 0 Å². The van der Waals surface area contributed by atoms with Crippen LogP contribution in [-0.4, -0.2) is 47.1 Å². The molecule has 0 unspecified atom stereocenters. The first-order valence-corrected chi connectivity index (χ1v) is 1.95. The van der Waals surface area contributed by atoms with Crippen molar-refractivity contribution >= 4 is 37.5 Å². The Hall–Kier alpha value is 1.37. The van der Waals surface area contributed by atoms with Gasteiger partial charge in [-0.1, -0.05) is 0 Å². The largest absolute Gasteiger partial charge is 1.00 e. The summed E-state index contributed by atoms with van der Waals surface area (Å²) >= 11 is 0. The van der Waals surface area contributed by atoms with Gasteiger partial charge in [-0.05, 0) is 11.0 Å². The zero-order valence-corrected chi connectivity index (χ0v) is 5.80. The van der Waals surface area contributed by atoms with E-state index in [0.29, 0.717) is 0 Å². The Balaban J connectivity index is -0.00000000750. The molecule has 0 spiro atoms. The van der Waals surface area contributed by atoms with Crippen LogP contribution >= 0.6 is 0 Å². The van der Waals surface area contributed by atoms with Gasteiger partial charge < -0.3 is 11.0 Å². The minimum atomic E-state index is -3.13. The summed E-state index contributed by atoms with van der Waals surface area (Å²) in [5.41, 5.74) is 0. The third-order valence-electron chi connectivity index (χ3n) is 0. The third-order valence-corrected chi connectivity index (χ3v) is 0. The molecule has 0 aliphatic heterocycles. The van der Waals surface area contributed by atoms with Crippen molar-refractivity contribution in [3.63, 3.8) is 0 Å². The standard InChI is InChI=1S/Al.Na.H2O3Si.H4Si.4H/c;;1-4(2)3;;;;;/h;;1-2H;1H4;;;;/q;+1;;;;;;-1. The molecule has 0 rings (SSSR count). The van der Waals surface area contributed by atoms with E-state index in [0.717, 1.165) is 0 Å². The van der Waals surface area contributed by atoms with Gasteiger partial charge in [0.2, 0.25) is 0 Å². The van der Waals surface area contributed by atoms with E-state index in [1.54, 1.807) is 0 Å². The molecule has 0 amide bonds. The van der Waals surface area contributed by atoms with Crippen LogP contribution in [0.3, 0.4) is 0 Å². The molecule has 0 aromatic heterocycles. The number of rotatable bonds is 0. The van der Waals surface area contributed by atoms with Crippen LogP contribution in [0.5, 0.6) is 0 Å². The molecule has 0 heterocycles. The molecule has 0 radical (unpaired) electrons. The van der Waals surface area contributed by atoms with E-state index in [1.807, 2.05) is 0 Å². The van der Waals surface area contributed by atoms with Crippen LogP contribution in [0.1, 0.15) is 1.43 Å². The molecule has 40 valence electrons. The van der Waals surface area contributed by atoms with E-state index in [9.17, 15) is 0 Å². The molecule has 0 atom stereocenters. The summed E-state index contributed by atoms with van der Waals surface area (Å²) in [6.45, 7) is 0.